The molecule has 1 aromatic rings. The lowest BCUT2D eigenvalue weighted by Gasteiger charge is -2.27. The van der Waals surface area contributed by atoms with Crippen LogP contribution in [0.25, 0.3) is 0 Å². The highest BCUT2D eigenvalue weighted by Crippen LogP contribution is 2.06. The third-order valence-corrected chi connectivity index (χ3v) is 3.81. The van der Waals surface area contributed by atoms with Crippen molar-refractivity contribution < 1.29 is 4.79 Å². The zero-order chi connectivity index (χ0) is 11.5. The van der Waals surface area contributed by atoms with Gasteiger partial charge in [-0.25, -0.2) is 0 Å². The van der Waals surface area contributed by atoms with E-state index in [1.165, 1.54) is 0 Å². The third kappa shape index (κ3) is 2.17. The van der Waals surface area contributed by atoms with E-state index in [4.69, 9.17) is 0 Å². The number of piperazine rings is 1. The van der Waals surface area contributed by atoms with Crippen LogP contribution in [0.5, 0.6) is 0 Å². The number of aromatic nitrogens is 1. The Morgan fingerprint density at radius 2 is 2.44 bits per heavy atom. The van der Waals surface area contributed by atoms with E-state index in [0.717, 1.165) is 23.6 Å². The van der Waals surface area contributed by atoms with E-state index in [1.807, 2.05) is 16.5 Å². The molecule has 1 aliphatic rings. The Labute approximate surface area is 98.4 Å². The summed E-state index contributed by atoms with van der Waals surface area (Å²) in [5.74, 6) is 0.174. The van der Waals surface area contributed by atoms with Gasteiger partial charge in [0.1, 0.15) is 0 Å². The lowest BCUT2D eigenvalue weighted by Crippen LogP contribution is -2.47. The summed E-state index contributed by atoms with van der Waals surface area (Å²) in [7, 11) is 3.77. The van der Waals surface area contributed by atoms with E-state index < -0.39 is 0 Å². The minimum absolute atomic E-state index is 0.174. The van der Waals surface area contributed by atoms with Crippen molar-refractivity contribution in [1.82, 2.24) is 14.8 Å². The van der Waals surface area contributed by atoms with Gasteiger partial charge in [-0.2, -0.15) is 0 Å². The second-order valence-corrected chi connectivity index (χ2v) is 4.62. The van der Waals surface area contributed by atoms with Crippen molar-refractivity contribution in [2.75, 3.05) is 26.7 Å². The van der Waals surface area contributed by atoms with Crippen LogP contribution in [0.3, 0.4) is 0 Å². The summed E-state index contributed by atoms with van der Waals surface area (Å²) in [5.41, 5.74) is 1.14. The fraction of sp³-hybridized carbons (Fsp3) is 0.600. The van der Waals surface area contributed by atoms with Crippen LogP contribution in [-0.4, -0.2) is 42.1 Å². The predicted molar refractivity (Wildman–Crippen MR) is 63.1 cm³/mol. The Balaban J connectivity index is 2.14. The van der Waals surface area contributed by atoms with Gasteiger partial charge in [0.2, 0.25) is 5.91 Å². The molecule has 0 saturated carbocycles. The zero-order valence-electron chi connectivity index (χ0n) is 9.56. The number of rotatable bonds is 2. The molecule has 1 aromatic heterocycles. The molecule has 0 aromatic carbocycles. The van der Waals surface area contributed by atoms with E-state index in [-0.39, 0.29) is 5.91 Å². The van der Waals surface area contributed by atoms with Gasteiger partial charge in [-0.05, 0) is 0 Å². The number of carbonyl (C=O) groups excluding carboxylic acids is 1. The van der Waals surface area contributed by atoms with Gasteiger partial charge in [-0.3, -0.25) is 9.79 Å². The van der Waals surface area contributed by atoms with Crippen LogP contribution in [0, 0.1) is 0 Å². The predicted octanol–water partition coefficient (Wildman–Crippen LogP) is -0.451. The summed E-state index contributed by atoms with van der Waals surface area (Å²) in [6, 6.07) is 0. The van der Waals surface area contributed by atoms with Crippen LogP contribution < -0.4 is 10.1 Å². The number of amides is 1. The van der Waals surface area contributed by atoms with Gasteiger partial charge in [-0.15, -0.1) is 11.3 Å². The molecule has 2 heterocycles. The summed E-state index contributed by atoms with van der Waals surface area (Å²) in [6.45, 7) is 2.81. The van der Waals surface area contributed by atoms with Crippen LogP contribution in [0.15, 0.2) is 10.4 Å². The number of thiazole rings is 1. The van der Waals surface area contributed by atoms with E-state index >= 15 is 0 Å². The SMILES string of the molecule is CN=c1scc(CN2CCNCC2=O)n1C. The molecule has 1 saturated heterocycles. The molecule has 0 unspecified atom stereocenters. The molecule has 1 N–H and O–H groups in total. The van der Waals surface area contributed by atoms with Gasteiger partial charge < -0.3 is 14.8 Å². The van der Waals surface area contributed by atoms with E-state index in [2.05, 4.69) is 15.7 Å². The average molecular weight is 240 g/mol. The molecule has 1 amide bonds. The molecule has 0 aliphatic carbocycles. The first kappa shape index (κ1) is 11.3. The molecular weight excluding hydrogens is 224 g/mol. The van der Waals surface area contributed by atoms with Crippen molar-refractivity contribution in [1.29, 1.82) is 0 Å². The van der Waals surface area contributed by atoms with Crippen LogP contribution in [0.1, 0.15) is 5.69 Å². The molecule has 0 spiro atoms. The topological polar surface area (TPSA) is 49.6 Å². The van der Waals surface area contributed by atoms with Gasteiger partial charge in [-0.1, -0.05) is 0 Å². The third-order valence-electron chi connectivity index (χ3n) is 2.75. The van der Waals surface area contributed by atoms with Crippen molar-refractivity contribution in [3.05, 3.63) is 15.9 Å². The highest BCUT2D eigenvalue weighted by Gasteiger charge is 2.18. The van der Waals surface area contributed by atoms with Crippen LogP contribution in [0.2, 0.25) is 0 Å². The molecule has 88 valence electrons. The summed E-state index contributed by atoms with van der Waals surface area (Å²) in [4.78, 5) is 18.7. The summed E-state index contributed by atoms with van der Waals surface area (Å²) in [5, 5.41) is 5.13. The Morgan fingerprint density at radius 1 is 1.62 bits per heavy atom. The molecule has 0 atom stereocenters. The maximum absolute atomic E-state index is 11.6. The first-order valence-corrected chi connectivity index (χ1v) is 6.15. The fourth-order valence-electron chi connectivity index (χ4n) is 1.76. The maximum Gasteiger partial charge on any atom is 0.236 e. The first-order chi connectivity index (χ1) is 7.72. The minimum atomic E-state index is 0.174. The van der Waals surface area contributed by atoms with Crippen LogP contribution >= 0.6 is 11.3 Å². The highest BCUT2D eigenvalue weighted by atomic mass is 32.1. The largest absolute Gasteiger partial charge is 0.334 e. The number of nitrogens with one attached hydrogen (secondary N) is 1. The summed E-state index contributed by atoms with van der Waals surface area (Å²) >= 11 is 1.61. The number of nitrogens with zero attached hydrogens (tertiary/aromatic N) is 3. The molecular formula is C10H16N4OS. The molecule has 0 bridgehead atoms. The number of hydrogen-bond acceptors (Lipinski definition) is 4. The fourth-order valence-corrected chi connectivity index (χ4v) is 2.61. The summed E-state index contributed by atoms with van der Waals surface area (Å²) in [6.07, 6.45) is 0. The Kier molecular flexibility index (Phi) is 3.40. The van der Waals surface area contributed by atoms with Crippen molar-refractivity contribution >= 4 is 17.2 Å². The second-order valence-electron chi connectivity index (χ2n) is 3.78. The number of hydrogen-bond donors (Lipinski definition) is 1. The molecule has 2 rings (SSSR count). The molecule has 1 fully saturated rings. The smallest absolute Gasteiger partial charge is 0.236 e. The normalized spacial score (nSPS) is 18.2. The van der Waals surface area contributed by atoms with Gasteiger partial charge in [0.15, 0.2) is 4.80 Å². The lowest BCUT2D eigenvalue weighted by atomic mass is 10.3. The molecule has 6 heteroatoms. The van der Waals surface area contributed by atoms with E-state index in [1.54, 1.807) is 18.4 Å². The summed E-state index contributed by atoms with van der Waals surface area (Å²) < 4.78 is 2.04. The van der Waals surface area contributed by atoms with Gasteiger partial charge in [0.05, 0.1) is 13.1 Å². The van der Waals surface area contributed by atoms with Crippen molar-refractivity contribution in [3.8, 4) is 0 Å². The first-order valence-electron chi connectivity index (χ1n) is 5.27. The van der Waals surface area contributed by atoms with Gasteiger partial charge in [0, 0.05) is 38.3 Å². The molecule has 16 heavy (non-hydrogen) atoms. The van der Waals surface area contributed by atoms with Crippen LogP contribution in [0.4, 0.5) is 0 Å². The minimum Gasteiger partial charge on any atom is -0.334 e. The van der Waals surface area contributed by atoms with E-state index in [0.29, 0.717) is 13.1 Å². The molecule has 5 nitrogen and oxygen atoms in total. The van der Waals surface area contributed by atoms with Crippen molar-refractivity contribution in [3.63, 3.8) is 0 Å². The number of carbonyl (C=O) groups is 1. The highest BCUT2D eigenvalue weighted by molar-refractivity contribution is 7.07. The van der Waals surface area contributed by atoms with Crippen molar-refractivity contribution in [2.24, 2.45) is 12.0 Å². The van der Waals surface area contributed by atoms with Gasteiger partial charge in [0.25, 0.3) is 0 Å². The van der Waals surface area contributed by atoms with Crippen LogP contribution in [-0.2, 0) is 18.4 Å². The maximum atomic E-state index is 11.6. The Bertz CT molecular complexity index is 448. The van der Waals surface area contributed by atoms with Crippen molar-refractivity contribution in [2.45, 2.75) is 6.54 Å². The van der Waals surface area contributed by atoms with Gasteiger partial charge >= 0.3 is 0 Å². The Morgan fingerprint density at radius 3 is 3.06 bits per heavy atom. The molecule has 0 radical (unpaired) electrons. The Hall–Kier alpha value is -1.14. The second kappa shape index (κ2) is 4.80. The lowest BCUT2D eigenvalue weighted by molar-refractivity contribution is -0.132. The monoisotopic (exact) mass is 240 g/mol. The standard InChI is InChI=1S/C10H16N4OS/c1-11-10-13(2)8(7-16-10)6-14-4-3-12-5-9(14)15/h7,12H,3-6H2,1-2H3. The van der Waals surface area contributed by atoms with E-state index in [9.17, 15) is 4.79 Å². The molecule has 1 aliphatic heterocycles. The quantitative estimate of drug-likeness (QED) is 0.761. The average Bonchev–Trinajstić information content (AvgIpc) is 2.63. The zero-order valence-corrected chi connectivity index (χ0v) is 10.4.